The molecule has 0 N–H and O–H groups in total. The van der Waals surface area contributed by atoms with Gasteiger partial charge in [0.2, 0.25) is 0 Å². The van der Waals surface area contributed by atoms with Crippen LogP contribution in [0.15, 0.2) is 0 Å². The summed E-state index contributed by atoms with van der Waals surface area (Å²) in [7, 11) is 0. The summed E-state index contributed by atoms with van der Waals surface area (Å²) in [5.41, 5.74) is 0.380. The van der Waals surface area contributed by atoms with Gasteiger partial charge in [0, 0.05) is 4.75 Å². The van der Waals surface area contributed by atoms with Crippen molar-refractivity contribution in [3.8, 4) is 0 Å². The van der Waals surface area contributed by atoms with Crippen LogP contribution >= 0.6 is 12.6 Å². The first-order chi connectivity index (χ1) is 3.71. The van der Waals surface area contributed by atoms with E-state index in [0.29, 0.717) is 5.41 Å². The fourth-order valence-corrected chi connectivity index (χ4v) is 1.71. The summed E-state index contributed by atoms with van der Waals surface area (Å²) in [6, 6.07) is 0. The van der Waals surface area contributed by atoms with Crippen molar-refractivity contribution < 1.29 is 0 Å². The van der Waals surface area contributed by atoms with Crippen molar-refractivity contribution in [2.75, 3.05) is 0 Å². The van der Waals surface area contributed by atoms with Crippen molar-refractivity contribution in [1.82, 2.24) is 0 Å². The van der Waals surface area contributed by atoms with Crippen LogP contribution in [0, 0.1) is 5.41 Å². The zero-order valence-electron chi connectivity index (χ0n) is 7.12. The monoisotopic (exact) mass is 145 g/mol. The van der Waals surface area contributed by atoms with E-state index in [2.05, 4.69) is 34.6 Å². The molecule has 1 heteroatoms. The molecule has 0 aliphatic rings. The summed E-state index contributed by atoms with van der Waals surface area (Å²) in [5.74, 6) is 0. The predicted octanol–water partition coefficient (Wildman–Crippen LogP) is 3.40. The van der Waals surface area contributed by atoms with E-state index >= 15 is 0 Å². The van der Waals surface area contributed by atoms with Crippen molar-refractivity contribution in [3.05, 3.63) is 0 Å². The van der Waals surface area contributed by atoms with Gasteiger partial charge in [0.25, 0.3) is 0 Å². The third-order valence-electron chi connectivity index (χ3n) is 0.956. The van der Waals surface area contributed by atoms with E-state index in [4.69, 9.17) is 12.6 Å². The molecule has 0 aromatic rings. The van der Waals surface area contributed by atoms with Crippen LogP contribution in [0.3, 0.4) is 0 Å². The van der Waals surface area contributed by atoms with Crippen LogP contribution < -0.4 is 0 Å². The molecule has 55 valence electrons. The standard InChI is InChI=1S/C8H17S/c1-7(2,3)6-8(4,5)9/h6H2,1-5H3. The SMILES string of the molecule is CC(C)(C)CC(C)(C)[S]. The lowest BCUT2D eigenvalue weighted by Crippen LogP contribution is -2.20. The quantitative estimate of drug-likeness (QED) is 0.530. The molecule has 0 fully saturated rings. The van der Waals surface area contributed by atoms with E-state index < -0.39 is 0 Å². The smallest absolute Gasteiger partial charge is 0.0212 e. The van der Waals surface area contributed by atoms with Gasteiger partial charge in [-0.25, -0.2) is 0 Å². The van der Waals surface area contributed by atoms with Gasteiger partial charge in [-0.3, -0.25) is 0 Å². The third-order valence-corrected chi connectivity index (χ3v) is 1.10. The van der Waals surface area contributed by atoms with Gasteiger partial charge >= 0.3 is 0 Å². The predicted molar refractivity (Wildman–Crippen MR) is 45.7 cm³/mol. The van der Waals surface area contributed by atoms with Gasteiger partial charge in [0.15, 0.2) is 0 Å². The molecular weight excluding hydrogens is 128 g/mol. The molecule has 9 heavy (non-hydrogen) atoms. The van der Waals surface area contributed by atoms with E-state index in [1.54, 1.807) is 0 Å². The molecular formula is C8H17S. The van der Waals surface area contributed by atoms with Crippen molar-refractivity contribution in [2.24, 2.45) is 5.41 Å². The van der Waals surface area contributed by atoms with Crippen molar-refractivity contribution >= 4 is 12.6 Å². The Bertz CT molecular complexity index is 69.7. The zero-order chi connectivity index (χ0) is 7.71. The van der Waals surface area contributed by atoms with Crippen LogP contribution in [0.1, 0.15) is 41.0 Å². The van der Waals surface area contributed by atoms with E-state index in [1.807, 2.05) is 0 Å². The summed E-state index contributed by atoms with van der Waals surface area (Å²) >= 11 is 5.23. The van der Waals surface area contributed by atoms with Gasteiger partial charge < -0.3 is 0 Å². The largest absolute Gasteiger partial charge is 0.0873 e. The average molecular weight is 145 g/mol. The second-order valence-corrected chi connectivity index (χ2v) is 5.60. The van der Waals surface area contributed by atoms with E-state index in [9.17, 15) is 0 Å². The van der Waals surface area contributed by atoms with Crippen LogP contribution in [0.4, 0.5) is 0 Å². The highest BCUT2D eigenvalue weighted by atomic mass is 32.1. The van der Waals surface area contributed by atoms with Crippen molar-refractivity contribution in [2.45, 2.75) is 45.8 Å². The van der Waals surface area contributed by atoms with Gasteiger partial charge in [0.1, 0.15) is 0 Å². The number of hydrogen-bond acceptors (Lipinski definition) is 0. The highest BCUT2D eigenvalue weighted by molar-refractivity contribution is 7.81. The Hall–Kier alpha value is 0.350. The van der Waals surface area contributed by atoms with Crippen LogP contribution in [0.5, 0.6) is 0 Å². The second kappa shape index (κ2) is 2.53. The Labute approximate surface area is 64.4 Å². The van der Waals surface area contributed by atoms with E-state index in [1.165, 1.54) is 0 Å². The fraction of sp³-hybridized carbons (Fsp3) is 1.00. The fourth-order valence-electron chi connectivity index (χ4n) is 1.28. The Morgan fingerprint density at radius 2 is 1.33 bits per heavy atom. The maximum absolute atomic E-state index is 5.23. The molecule has 0 heterocycles. The van der Waals surface area contributed by atoms with E-state index in [0.717, 1.165) is 6.42 Å². The normalized spacial score (nSPS) is 14.0. The molecule has 0 rings (SSSR count). The van der Waals surface area contributed by atoms with Crippen LogP contribution in [-0.4, -0.2) is 4.75 Å². The van der Waals surface area contributed by atoms with Crippen LogP contribution in [0.2, 0.25) is 0 Å². The molecule has 0 bridgehead atoms. The second-order valence-electron chi connectivity index (χ2n) is 4.50. The zero-order valence-corrected chi connectivity index (χ0v) is 7.93. The molecule has 0 amide bonds. The summed E-state index contributed by atoms with van der Waals surface area (Å²) in [6.07, 6.45) is 1.11. The first kappa shape index (κ1) is 9.35. The van der Waals surface area contributed by atoms with Crippen molar-refractivity contribution in [3.63, 3.8) is 0 Å². The van der Waals surface area contributed by atoms with Crippen LogP contribution in [0.25, 0.3) is 0 Å². The molecule has 0 aliphatic carbocycles. The lowest BCUT2D eigenvalue weighted by atomic mass is 9.86. The summed E-state index contributed by atoms with van der Waals surface area (Å²) in [6.45, 7) is 10.9. The topological polar surface area (TPSA) is 0 Å². The maximum atomic E-state index is 5.23. The van der Waals surface area contributed by atoms with Crippen molar-refractivity contribution in [1.29, 1.82) is 0 Å². The lowest BCUT2D eigenvalue weighted by Gasteiger charge is -2.26. The molecule has 0 spiro atoms. The summed E-state index contributed by atoms with van der Waals surface area (Å²) < 4.78 is 0.0677. The van der Waals surface area contributed by atoms with Crippen LogP contribution in [-0.2, 0) is 0 Å². The van der Waals surface area contributed by atoms with Gasteiger partial charge in [-0.05, 0) is 25.7 Å². The molecule has 0 aliphatic heterocycles. The van der Waals surface area contributed by atoms with Gasteiger partial charge in [0.05, 0.1) is 0 Å². The summed E-state index contributed by atoms with van der Waals surface area (Å²) in [5, 5.41) is 0. The molecule has 0 nitrogen and oxygen atoms in total. The molecule has 0 saturated carbocycles. The molecule has 1 radical (unpaired) electrons. The summed E-state index contributed by atoms with van der Waals surface area (Å²) in [4.78, 5) is 0. The average Bonchev–Trinajstić information content (AvgIpc) is 1.14. The Balaban J connectivity index is 3.75. The first-order valence-electron chi connectivity index (χ1n) is 3.41. The molecule has 0 aromatic carbocycles. The molecule has 0 atom stereocenters. The Morgan fingerprint density at radius 1 is 1.00 bits per heavy atom. The minimum absolute atomic E-state index is 0.0677. The highest BCUT2D eigenvalue weighted by Crippen LogP contribution is 2.30. The molecule has 0 unspecified atom stereocenters. The minimum atomic E-state index is 0.0677. The minimum Gasteiger partial charge on any atom is -0.0873 e. The molecule has 0 saturated heterocycles. The Kier molecular flexibility index (Phi) is 2.63. The maximum Gasteiger partial charge on any atom is 0.0212 e. The molecule has 0 aromatic heterocycles. The van der Waals surface area contributed by atoms with Gasteiger partial charge in [-0.1, -0.05) is 33.4 Å². The van der Waals surface area contributed by atoms with Gasteiger partial charge in [-0.2, -0.15) is 0 Å². The first-order valence-corrected chi connectivity index (χ1v) is 3.82. The number of hydrogen-bond donors (Lipinski definition) is 0. The van der Waals surface area contributed by atoms with E-state index in [-0.39, 0.29) is 4.75 Å². The third kappa shape index (κ3) is 8.35. The Morgan fingerprint density at radius 3 is 1.33 bits per heavy atom. The lowest BCUT2D eigenvalue weighted by molar-refractivity contribution is 0.340. The number of rotatable bonds is 1. The highest BCUT2D eigenvalue weighted by Gasteiger charge is 2.21. The van der Waals surface area contributed by atoms with Gasteiger partial charge in [-0.15, -0.1) is 0 Å².